The standard InChI is InChI=1S/10C8H8O2S.2C7H8NO.2C2H3N.2CH2Cl2.6Fe.2H2O.2O/c10*1-11-7-4-2-6(3-5-7)8(9)10;2*9-6-4-7-3-1-2-5-8-7;2*1-2-3;2*2-1-3;;;;;;;;;;/h10*2-5H,1H3,(H,9,10);2*1-3,5H,4,6H2;2*1H3;2*1H2;;;;;;;2*1H2;;/q;;;;;;;;;;2*-1;;;;;6*+3;;;2*-2/p-12. The summed E-state index contributed by atoms with van der Waals surface area (Å²) in [6.45, 7) is 2.72. The number of thioether (sulfide) groups is 10. The van der Waals surface area contributed by atoms with E-state index < -0.39 is 59.7 Å². The molecule has 0 aliphatic heterocycles. The van der Waals surface area contributed by atoms with Crippen LogP contribution in [-0.4, -0.2) is 167 Å². The van der Waals surface area contributed by atoms with Gasteiger partial charge in [0.25, 0.3) is 0 Å². The second-order valence-electron chi connectivity index (χ2n) is 24.4. The SMILES string of the molecule is CC#N.CC#N.CSc1ccc(C(=O)[O-])cc1.CSc1ccc(C(=O)[O-])cc1.CSc1ccc(C(=O)[O-])cc1.CSc1ccc(C(=O)[O-])cc1.CSc1ccc(C(=O)[O-])cc1.CSc1ccc(C(=O)[O-])cc1.CSc1ccc(C(=O)[O-])cc1.CSc1ccc(C(=O)[O-])cc1.CSc1ccc(C(=O)[O-])cc1.CSc1ccc(C(=O)[O-])cc1.ClCCl.ClCCl.[Fe+3].[Fe+3].[Fe+3].[Fe+3].[Fe+3].[Fe+3].[O-2].[O-2].[O-]CCc1ccccn1.[O-]CCc1ccccn1.[OH-].[OH-]. The molecule has 0 aliphatic carbocycles. The van der Waals surface area contributed by atoms with E-state index in [0.29, 0.717) is 12.8 Å². The Morgan fingerprint density at radius 1 is 0.233 bits per heavy atom. The minimum atomic E-state index is -1.13. The molecule has 0 saturated carbocycles. The van der Waals surface area contributed by atoms with Crippen LogP contribution in [0, 0.1) is 22.7 Å². The number of alkyl halides is 4. The van der Waals surface area contributed by atoms with Crippen molar-refractivity contribution in [2.45, 2.75) is 75.6 Å². The van der Waals surface area contributed by atoms with Gasteiger partial charge in [0, 0.05) is 86.6 Å². The van der Waals surface area contributed by atoms with Gasteiger partial charge in [0.15, 0.2) is 0 Å². The Hall–Kier alpha value is -8.28. The van der Waals surface area contributed by atoms with Crippen LogP contribution in [0.1, 0.15) is 129 Å². The molecule has 10 aromatic carbocycles. The maximum atomic E-state index is 10.3. The van der Waals surface area contributed by atoms with Gasteiger partial charge in [0.2, 0.25) is 0 Å². The molecule has 12 rings (SSSR count). The summed E-state index contributed by atoms with van der Waals surface area (Å²) < 4.78 is 0. The summed E-state index contributed by atoms with van der Waals surface area (Å²) >= 11 is 34.8. The predicted molar refractivity (Wildman–Crippen MR) is 552 cm³/mol. The molecule has 0 spiro atoms. The fourth-order valence-corrected chi connectivity index (χ4v) is 12.7. The zero-order chi connectivity index (χ0) is 107. The molecular formula is C100H98Cl4Fe6N4O26S10. The van der Waals surface area contributed by atoms with Crippen LogP contribution in [-0.2, 0) is 126 Å². The zero-order valence-electron chi connectivity index (χ0n) is 81.2. The van der Waals surface area contributed by atoms with E-state index in [0.717, 1.165) is 60.3 Å². The van der Waals surface area contributed by atoms with Crippen molar-refractivity contribution in [3.05, 3.63) is 358 Å². The summed E-state index contributed by atoms with van der Waals surface area (Å²) in [6.07, 6.45) is 23.9. The van der Waals surface area contributed by atoms with Gasteiger partial charge < -0.3 is 131 Å². The van der Waals surface area contributed by atoms with Crippen molar-refractivity contribution in [1.82, 2.24) is 9.97 Å². The monoisotopic (exact) mass is 2570 g/mol. The molecular weight excluding hydrogens is 2470 g/mol. The normalized spacial score (nSPS) is 8.48. The number of carbonyl (C=O) groups excluding carboxylic acids is 10. The third kappa shape index (κ3) is 89.1. The van der Waals surface area contributed by atoms with E-state index in [-0.39, 0.29) is 204 Å². The summed E-state index contributed by atoms with van der Waals surface area (Å²) in [6, 6.07) is 80.7. The Morgan fingerprint density at radius 3 is 0.387 bits per heavy atom. The summed E-state index contributed by atoms with van der Waals surface area (Å²) in [4.78, 5) is 121. The first-order valence-electron chi connectivity index (χ1n) is 39.3. The second-order valence-corrected chi connectivity index (χ2v) is 34.8. The third-order valence-electron chi connectivity index (χ3n) is 15.4. The predicted octanol–water partition coefficient (Wildman–Crippen LogP) is 11.0. The minimum Gasteiger partial charge on any atom is -2.00 e. The van der Waals surface area contributed by atoms with Crippen molar-refractivity contribution in [2.24, 2.45) is 0 Å². The molecule has 2 N–H and O–H groups in total. The van der Waals surface area contributed by atoms with Gasteiger partial charge in [-0.25, -0.2) is 0 Å². The molecule has 0 fully saturated rings. The molecule has 6 radical (unpaired) electrons. The van der Waals surface area contributed by atoms with E-state index in [9.17, 15) is 109 Å². The number of carbonyl (C=O) groups is 10. The third-order valence-corrected chi connectivity index (χ3v) is 22.9. The molecule has 810 valence electrons. The van der Waals surface area contributed by atoms with E-state index in [1.807, 2.05) is 99.0 Å². The van der Waals surface area contributed by atoms with E-state index in [2.05, 4.69) is 9.97 Å². The number of benzene rings is 10. The van der Waals surface area contributed by atoms with Crippen molar-refractivity contribution >= 4 is 224 Å². The molecule has 2 aromatic heterocycles. The molecule has 0 atom stereocenters. The Morgan fingerprint density at radius 2 is 0.327 bits per heavy atom. The van der Waals surface area contributed by atoms with Gasteiger partial charge in [-0.1, -0.05) is 133 Å². The molecule has 0 saturated heterocycles. The Bertz CT molecular complexity index is 4550. The molecule has 12 aromatic rings. The van der Waals surface area contributed by atoms with E-state index in [4.69, 9.17) is 56.9 Å². The molecule has 2 heterocycles. The number of nitriles is 2. The van der Waals surface area contributed by atoms with Crippen LogP contribution in [0.4, 0.5) is 0 Å². The van der Waals surface area contributed by atoms with Gasteiger partial charge in [0.1, 0.15) is 0 Å². The number of aromatic nitrogens is 2. The fraction of sp³-hybridized carbons (Fsp3) is 0.180. The van der Waals surface area contributed by atoms with E-state index in [1.54, 1.807) is 385 Å². The maximum absolute atomic E-state index is 10.3. The van der Waals surface area contributed by atoms with Crippen molar-refractivity contribution < 1.29 is 234 Å². The van der Waals surface area contributed by atoms with Crippen LogP contribution < -0.4 is 61.3 Å². The first kappa shape index (κ1) is 172. The largest absolute Gasteiger partial charge is 3.00 e. The van der Waals surface area contributed by atoms with Gasteiger partial charge in [0.05, 0.1) is 82.5 Å². The molecule has 0 aliphatic rings. The van der Waals surface area contributed by atoms with Gasteiger partial charge in [-0.15, -0.1) is 177 Å². The van der Waals surface area contributed by atoms with Crippen LogP contribution in [0.3, 0.4) is 0 Å². The summed E-state index contributed by atoms with van der Waals surface area (Å²) in [5.74, 6) is -11.3. The number of pyridine rings is 2. The van der Waals surface area contributed by atoms with Crippen LogP contribution in [0.5, 0.6) is 0 Å². The van der Waals surface area contributed by atoms with Gasteiger partial charge in [-0.3, -0.25) is 9.97 Å². The Labute approximate surface area is 999 Å². The molecule has 150 heavy (non-hydrogen) atoms. The first-order valence-corrected chi connectivity index (χ1v) is 53.6. The summed E-state index contributed by atoms with van der Waals surface area (Å²) in [7, 11) is 0. The average molecular weight is 2570 g/mol. The van der Waals surface area contributed by atoms with E-state index in [1.165, 1.54) is 13.8 Å². The molecule has 0 unspecified atom stereocenters. The minimum absolute atomic E-state index is 0. The molecule has 30 nitrogen and oxygen atoms in total. The van der Waals surface area contributed by atoms with Gasteiger partial charge in [-0.05, 0) is 277 Å². The number of nitrogens with zero attached hydrogens (tertiary/aromatic N) is 4. The summed E-state index contributed by atoms with van der Waals surface area (Å²) in [5.41, 5.74) is 4.01. The number of carboxylic acid groups (broad SMARTS) is 10. The number of rotatable bonds is 24. The maximum Gasteiger partial charge on any atom is 3.00 e. The van der Waals surface area contributed by atoms with Crippen LogP contribution in [0.15, 0.2) is 340 Å². The number of hydrogen-bond donors (Lipinski definition) is 0. The van der Waals surface area contributed by atoms with Crippen molar-refractivity contribution in [3.63, 3.8) is 0 Å². The smallest absolute Gasteiger partial charge is 2.00 e. The van der Waals surface area contributed by atoms with Gasteiger partial charge in [-0.2, -0.15) is 10.5 Å². The van der Waals surface area contributed by atoms with Crippen molar-refractivity contribution in [1.29, 1.82) is 10.5 Å². The Balaban J connectivity index is -0.000000110. The molecule has 0 bridgehead atoms. The summed E-state index contributed by atoms with van der Waals surface area (Å²) in [5, 5.41) is 138. The van der Waals surface area contributed by atoms with Crippen LogP contribution in [0.25, 0.3) is 0 Å². The van der Waals surface area contributed by atoms with Crippen LogP contribution in [0.2, 0.25) is 0 Å². The quantitative estimate of drug-likeness (QED) is 0.0308. The van der Waals surface area contributed by atoms with Crippen molar-refractivity contribution in [2.75, 3.05) is 86.4 Å². The van der Waals surface area contributed by atoms with Crippen molar-refractivity contribution in [3.8, 4) is 12.1 Å². The van der Waals surface area contributed by atoms with Crippen LogP contribution >= 0.6 is 164 Å². The molecule has 50 heteroatoms. The average Bonchev–Trinajstić information content (AvgIpc) is 0.937. The second kappa shape index (κ2) is 113. The topological polar surface area (TPSA) is 638 Å². The van der Waals surface area contributed by atoms with E-state index >= 15 is 0 Å². The number of halogens is 4. The Kier molecular flexibility index (Phi) is 130. The fourth-order valence-electron chi connectivity index (χ4n) is 8.57. The zero-order valence-corrected chi connectivity index (χ0v) is 99.0. The number of aromatic carboxylic acids is 10. The van der Waals surface area contributed by atoms with Gasteiger partial charge >= 0.3 is 102 Å². The number of carboxylic acids is 10. The number of hydrogen-bond acceptors (Lipinski definition) is 38. The molecule has 0 amide bonds. The first-order chi connectivity index (χ1) is 66.9.